The molecule has 0 spiro atoms. The molecule has 9 nitrogen and oxygen atoms in total. The quantitative estimate of drug-likeness (QED) is 0.252. The lowest BCUT2D eigenvalue weighted by molar-refractivity contribution is -0.173. The van der Waals surface area contributed by atoms with Crippen LogP contribution in [-0.4, -0.2) is 58.1 Å². The summed E-state index contributed by atoms with van der Waals surface area (Å²) in [5.41, 5.74) is -2.39. The summed E-state index contributed by atoms with van der Waals surface area (Å²) in [7, 11) is 3.89. The number of ether oxygens (including phenoxy) is 4. The van der Waals surface area contributed by atoms with E-state index >= 15 is 0 Å². The minimum atomic E-state index is -2.39. The fraction of sp³-hybridized carbons (Fsp3) is 0.583. The zero-order valence-corrected chi connectivity index (χ0v) is 12.1. The zero-order chi connectivity index (χ0) is 16.6. The van der Waals surface area contributed by atoms with Crippen LogP contribution < -0.4 is 0 Å². The van der Waals surface area contributed by atoms with Gasteiger partial charge in [-0.05, 0) is 0 Å². The van der Waals surface area contributed by atoms with Gasteiger partial charge in [0, 0.05) is 0 Å². The third-order valence-corrected chi connectivity index (χ3v) is 2.73. The van der Waals surface area contributed by atoms with E-state index in [9.17, 15) is 24.0 Å². The smallest absolute Gasteiger partial charge is 0.375 e. The Morgan fingerprint density at radius 3 is 1.43 bits per heavy atom. The minimum absolute atomic E-state index is 0.862. The number of esters is 4. The fourth-order valence-corrected chi connectivity index (χ4v) is 1.58. The maximum Gasteiger partial charge on any atom is 0.375 e. The summed E-state index contributed by atoms with van der Waals surface area (Å²) in [6, 6.07) is 0. The average molecular weight is 304 g/mol. The molecule has 0 aromatic rings. The van der Waals surface area contributed by atoms with Gasteiger partial charge in [0.1, 0.15) is 0 Å². The largest absolute Gasteiger partial charge is 0.469 e. The Labute approximate surface area is 120 Å². The van der Waals surface area contributed by atoms with E-state index in [4.69, 9.17) is 0 Å². The normalized spacial score (nSPS) is 10.3. The number of Topliss-reactive ketones (excluding diaryl/α,β-unsaturated/α-hetero) is 1. The summed E-state index contributed by atoms with van der Waals surface area (Å²) >= 11 is 0. The molecule has 0 aromatic carbocycles. The number of hydrogen-bond acceptors (Lipinski definition) is 9. The molecular formula is C12H16O9. The van der Waals surface area contributed by atoms with Gasteiger partial charge >= 0.3 is 23.9 Å². The Morgan fingerprint density at radius 1 is 0.714 bits per heavy atom. The van der Waals surface area contributed by atoms with Crippen molar-refractivity contribution < 1.29 is 42.9 Å². The van der Waals surface area contributed by atoms with Crippen molar-refractivity contribution in [1.29, 1.82) is 0 Å². The molecule has 0 atom stereocenters. The van der Waals surface area contributed by atoms with E-state index < -0.39 is 47.9 Å². The van der Waals surface area contributed by atoms with E-state index in [1.54, 1.807) is 0 Å². The first kappa shape index (κ1) is 18.6. The molecule has 0 saturated carbocycles. The van der Waals surface area contributed by atoms with Crippen molar-refractivity contribution in [3.63, 3.8) is 0 Å². The van der Waals surface area contributed by atoms with Gasteiger partial charge in [0.25, 0.3) is 5.78 Å². The third kappa shape index (κ3) is 4.26. The highest BCUT2D eigenvalue weighted by atomic mass is 16.5. The van der Waals surface area contributed by atoms with Crippen LogP contribution in [0.3, 0.4) is 0 Å². The lowest BCUT2D eigenvalue weighted by Crippen LogP contribution is -2.47. The van der Waals surface area contributed by atoms with Crippen molar-refractivity contribution in [2.45, 2.75) is 12.8 Å². The molecule has 0 aliphatic heterocycles. The van der Waals surface area contributed by atoms with Crippen LogP contribution in [0, 0.1) is 5.41 Å². The van der Waals surface area contributed by atoms with Gasteiger partial charge in [-0.25, -0.2) is 4.79 Å². The van der Waals surface area contributed by atoms with Crippen LogP contribution in [0.4, 0.5) is 0 Å². The SMILES string of the molecule is COC(=O)CC(CC(=O)OC)(C(=O)OC)C(=O)C(=O)OC. The molecule has 118 valence electrons. The second kappa shape index (κ2) is 7.98. The van der Waals surface area contributed by atoms with E-state index in [-0.39, 0.29) is 0 Å². The van der Waals surface area contributed by atoms with Crippen LogP contribution in [0.1, 0.15) is 12.8 Å². The predicted molar refractivity (Wildman–Crippen MR) is 64.7 cm³/mol. The molecule has 0 aliphatic carbocycles. The topological polar surface area (TPSA) is 122 Å². The minimum Gasteiger partial charge on any atom is -0.469 e. The Balaban J connectivity index is 5.88. The number of hydrogen-bond donors (Lipinski definition) is 0. The molecule has 0 rings (SSSR count). The highest BCUT2D eigenvalue weighted by Crippen LogP contribution is 2.31. The number of carbonyl (C=O) groups excluding carboxylic acids is 5. The molecule has 0 aromatic heterocycles. The Kier molecular flexibility index (Phi) is 7.05. The highest BCUT2D eigenvalue weighted by molar-refractivity contribution is 6.40. The Morgan fingerprint density at radius 2 is 1.14 bits per heavy atom. The van der Waals surface area contributed by atoms with Crippen molar-refractivity contribution in [3.05, 3.63) is 0 Å². The van der Waals surface area contributed by atoms with Gasteiger partial charge < -0.3 is 18.9 Å². The molecule has 0 bridgehead atoms. The summed E-state index contributed by atoms with van der Waals surface area (Å²) in [5.74, 6) is -6.00. The van der Waals surface area contributed by atoms with E-state index in [1.807, 2.05) is 0 Å². The third-order valence-electron chi connectivity index (χ3n) is 2.73. The van der Waals surface area contributed by atoms with E-state index in [0.29, 0.717) is 0 Å². The molecule has 0 radical (unpaired) electrons. The first-order valence-corrected chi connectivity index (χ1v) is 5.63. The lowest BCUT2D eigenvalue weighted by atomic mass is 9.77. The first-order valence-electron chi connectivity index (χ1n) is 5.63. The van der Waals surface area contributed by atoms with Crippen LogP contribution in [0.25, 0.3) is 0 Å². The Bertz CT molecular complexity index is 434. The maximum absolute atomic E-state index is 12.1. The van der Waals surface area contributed by atoms with Gasteiger partial charge in [0.2, 0.25) is 0 Å². The standard InChI is InChI=1S/C12H16O9/c1-18-7(13)5-12(11(17)21-4,6-8(14)19-2)9(15)10(16)20-3/h5-6H2,1-4H3. The molecule has 0 amide bonds. The van der Waals surface area contributed by atoms with Crippen LogP contribution in [0.2, 0.25) is 0 Å². The fourth-order valence-electron chi connectivity index (χ4n) is 1.58. The van der Waals surface area contributed by atoms with Crippen LogP contribution >= 0.6 is 0 Å². The van der Waals surface area contributed by atoms with Gasteiger partial charge in [-0.15, -0.1) is 0 Å². The van der Waals surface area contributed by atoms with Crippen molar-refractivity contribution in [1.82, 2.24) is 0 Å². The number of carbonyl (C=O) groups is 5. The number of methoxy groups -OCH3 is 4. The molecule has 0 fully saturated rings. The monoisotopic (exact) mass is 304 g/mol. The van der Waals surface area contributed by atoms with Crippen molar-refractivity contribution in [3.8, 4) is 0 Å². The molecule has 21 heavy (non-hydrogen) atoms. The van der Waals surface area contributed by atoms with E-state index in [0.717, 1.165) is 28.4 Å². The van der Waals surface area contributed by atoms with Gasteiger partial charge in [-0.3, -0.25) is 19.2 Å². The molecule has 0 aliphatic rings. The van der Waals surface area contributed by atoms with Gasteiger partial charge in [-0.1, -0.05) is 0 Å². The summed E-state index contributed by atoms with van der Waals surface area (Å²) < 4.78 is 17.4. The van der Waals surface area contributed by atoms with Gasteiger partial charge in [-0.2, -0.15) is 0 Å². The maximum atomic E-state index is 12.1. The van der Waals surface area contributed by atoms with Crippen LogP contribution in [0.15, 0.2) is 0 Å². The second-order valence-electron chi connectivity index (χ2n) is 3.90. The summed E-state index contributed by atoms with van der Waals surface area (Å²) in [6.45, 7) is 0. The predicted octanol–water partition coefficient (Wildman–Crippen LogP) is -0.986. The molecule has 0 saturated heterocycles. The van der Waals surface area contributed by atoms with Gasteiger partial charge in [0.15, 0.2) is 5.41 Å². The molecular weight excluding hydrogens is 288 g/mol. The van der Waals surface area contributed by atoms with Crippen LogP contribution in [0.5, 0.6) is 0 Å². The molecule has 0 unspecified atom stereocenters. The van der Waals surface area contributed by atoms with Crippen molar-refractivity contribution in [2.75, 3.05) is 28.4 Å². The number of ketones is 1. The average Bonchev–Trinajstić information content (AvgIpc) is 2.50. The second-order valence-corrected chi connectivity index (χ2v) is 3.90. The summed E-state index contributed by atoms with van der Waals surface area (Å²) in [6.07, 6.45) is -1.72. The van der Waals surface area contributed by atoms with E-state index in [2.05, 4.69) is 18.9 Å². The summed E-state index contributed by atoms with van der Waals surface area (Å²) in [4.78, 5) is 58.4. The highest BCUT2D eigenvalue weighted by Gasteiger charge is 2.54. The molecule has 9 heteroatoms. The molecule has 0 heterocycles. The van der Waals surface area contributed by atoms with Crippen molar-refractivity contribution in [2.24, 2.45) is 5.41 Å². The van der Waals surface area contributed by atoms with Gasteiger partial charge in [0.05, 0.1) is 41.3 Å². The first-order chi connectivity index (χ1) is 9.78. The summed E-state index contributed by atoms with van der Waals surface area (Å²) in [5, 5.41) is 0. The Hall–Kier alpha value is -2.45. The zero-order valence-electron chi connectivity index (χ0n) is 12.1. The van der Waals surface area contributed by atoms with Crippen molar-refractivity contribution >= 4 is 29.7 Å². The number of rotatable bonds is 7. The lowest BCUT2D eigenvalue weighted by Gasteiger charge is -2.25. The molecule has 0 N–H and O–H groups in total. The van der Waals surface area contributed by atoms with E-state index in [1.165, 1.54) is 0 Å². The van der Waals surface area contributed by atoms with Crippen LogP contribution in [-0.2, 0) is 42.9 Å².